The number of rotatable bonds is 5. The number of ether oxygens (including phenoxy) is 1. The molecule has 0 aromatic rings. The molecule has 0 radical (unpaired) electrons. The average molecular weight is 481 g/mol. The topological polar surface area (TPSA) is 69.2 Å². The summed E-state index contributed by atoms with van der Waals surface area (Å²) in [5, 5.41) is 6.87. The highest BCUT2D eigenvalue weighted by atomic mass is 127. The maximum Gasteiger partial charge on any atom is 0.219 e. The standard InChI is InChI=1S/C18H35N5O2.HI/c1-5-19-17(21-16-6-9-22(10-7-16)15(2)24)20-8-11-23-12-13-25-14-18(23,3)4;/h16H,5-14H2,1-4H3,(H2,19,20,21);1H. The molecular weight excluding hydrogens is 445 g/mol. The van der Waals surface area contributed by atoms with E-state index in [1.165, 1.54) is 0 Å². The minimum Gasteiger partial charge on any atom is -0.378 e. The smallest absolute Gasteiger partial charge is 0.219 e. The van der Waals surface area contributed by atoms with E-state index in [4.69, 9.17) is 9.73 Å². The Morgan fingerprint density at radius 3 is 2.54 bits per heavy atom. The largest absolute Gasteiger partial charge is 0.378 e. The molecule has 0 unspecified atom stereocenters. The number of aliphatic imine (C=N–C) groups is 1. The van der Waals surface area contributed by atoms with E-state index >= 15 is 0 Å². The van der Waals surface area contributed by atoms with Crippen LogP contribution in [0.4, 0.5) is 0 Å². The molecule has 7 nitrogen and oxygen atoms in total. The van der Waals surface area contributed by atoms with Crippen molar-refractivity contribution >= 4 is 35.8 Å². The molecule has 0 spiro atoms. The molecule has 0 bridgehead atoms. The Balaban J connectivity index is 0.00000338. The van der Waals surface area contributed by atoms with E-state index in [0.29, 0.717) is 6.04 Å². The van der Waals surface area contributed by atoms with Crippen molar-refractivity contribution < 1.29 is 9.53 Å². The quantitative estimate of drug-likeness (QED) is 0.352. The Hall–Kier alpha value is -0.610. The first-order valence-corrected chi connectivity index (χ1v) is 9.55. The normalized spacial score (nSPS) is 21.8. The lowest BCUT2D eigenvalue weighted by Gasteiger charge is -2.41. The predicted octanol–water partition coefficient (Wildman–Crippen LogP) is 1.28. The molecule has 0 saturated carbocycles. The number of hydrogen-bond acceptors (Lipinski definition) is 4. The Morgan fingerprint density at radius 1 is 1.27 bits per heavy atom. The van der Waals surface area contributed by atoms with E-state index in [1.54, 1.807) is 6.92 Å². The van der Waals surface area contributed by atoms with Crippen molar-refractivity contribution in [3.8, 4) is 0 Å². The van der Waals surface area contributed by atoms with Gasteiger partial charge in [0.1, 0.15) is 0 Å². The lowest BCUT2D eigenvalue weighted by atomic mass is 10.0. The maximum absolute atomic E-state index is 11.4. The van der Waals surface area contributed by atoms with E-state index in [-0.39, 0.29) is 35.4 Å². The van der Waals surface area contributed by atoms with Crippen molar-refractivity contribution in [2.24, 2.45) is 4.99 Å². The summed E-state index contributed by atoms with van der Waals surface area (Å²) in [6.07, 6.45) is 1.95. The fourth-order valence-electron chi connectivity index (χ4n) is 3.44. The second-order valence-corrected chi connectivity index (χ2v) is 7.54. The summed E-state index contributed by atoms with van der Waals surface area (Å²) in [4.78, 5) is 20.6. The predicted molar refractivity (Wildman–Crippen MR) is 116 cm³/mol. The monoisotopic (exact) mass is 481 g/mol. The highest BCUT2D eigenvalue weighted by molar-refractivity contribution is 14.0. The fraction of sp³-hybridized carbons (Fsp3) is 0.889. The van der Waals surface area contributed by atoms with Gasteiger partial charge in [-0.05, 0) is 33.6 Å². The Bertz CT molecular complexity index is 464. The van der Waals surface area contributed by atoms with Gasteiger partial charge in [-0.1, -0.05) is 0 Å². The average Bonchev–Trinajstić information content (AvgIpc) is 2.57. The SMILES string of the molecule is CCNC(=NCCN1CCOCC1(C)C)NC1CCN(C(C)=O)CC1.I. The zero-order chi connectivity index (χ0) is 18.3. The second-order valence-electron chi connectivity index (χ2n) is 7.54. The lowest BCUT2D eigenvalue weighted by molar-refractivity contribution is -0.129. The van der Waals surface area contributed by atoms with Gasteiger partial charge in [0.25, 0.3) is 0 Å². The van der Waals surface area contributed by atoms with Crippen LogP contribution in [0.15, 0.2) is 4.99 Å². The first kappa shape index (κ1) is 23.4. The molecule has 2 N–H and O–H groups in total. The zero-order valence-corrected chi connectivity index (χ0v) is 19.0. The molecule has 2 heterocycles. The van der Waals surface area contributed by atoms with Crippen LogP contribution in [-0.4, -0.2) is 85.7 Å². The molecule has 152 valence electrons. The van der Waals surface area contributed by atoms with Crippen molar-refractivity contribution in [2.75, 3.05) is 52.5 Å². The molecule has 2 aliphatic heterocycles. The van der Waals surface area contributed by atoms with E-state index in [9.17, 15) is 4.79 Å². The molecule has 8 heteroatoms. The number of carbonyl (C=O) groups excluding carboxylic acids is 1. The molecule has 26 heavy (non-hydrogen) atoms. The number of guanidine groups is 1. The Labute approximate surface area is 175 Å². The van der Waals surface area contributed by atoms with E-state index in [2.05, 4.69) is 36.3 Å². The molecule has 2 fully saturated rings. The van der Waals surface area contributed by atoms with Gasteiger partial charge in [-0.2, -0.15) is 0 Å². The Kier molecular flexibility index (Phi) is 10.2. The summed E-state index contributed by atoms with van der Waals surface area (Å²) in [6.45, 7) is 14.9. The number of carbonyl (C=O) groups is 1. The summed E-state index contributed by atoms with van der Waals surface area (Å²) in [5.41, 5.74) is 0.0824. The van der Waals surface area contributed by atoms with Crippen molar-refractivity contribution in [2.45, 2.75) is 52.1 Å². The minimum absolute atomic E-state index is 0. The third-order valence-electron chi connectivity index (χ3n) is 5.08. The van der Waals surface area contributed by atoms with E-state index in [1.807, 2.05) is 4.90 Å². The first-order chi connectivity index (χ1) is 11.9. The number of morpholine rings is 1. The van der Waals surface area contributed by atoms with Gasteiger partial charge in [-0.25, -0.2) is 0 Å². The van der Waals surface area contributed by atoms with Crippen LogP contribution in [-0.2, 0) is 9.53 Å². The summed E-state index contributed by atoms with van der Waals surface area (Å²) in [6, 6.07) is 0.383. The van der Waals surface area contributed by atoms with Crippen LogP contribution in [0.5, 0.6) is 0 Å². The van der Waals surface area contributed by atoms with Crippen LogP contribution < -0.4 is 10.6 Å². The van der Waals surface area contributed by atoms with Gasteiger partial charge in [0.05, 0.1) is 19.8 Å². The summed E-state index contributed by atoms with van der Waals surface area (Å²) in [5.74, 6) is 1.06. The van der Waals surface area contributed by atoms with Crippen LogP contribution in [0.3, 0.4) is 0 Å². The van der Waals surface area contributed by atoms with E-state index < -0.39 is 0 Å². The number of amides is 1. The number of nitrogens with zero attached hydrogens (tertiary/aromatic N) is 3. The van der Waals surface area contributed by atoms with Crippen LogP contribution >= 0.6 is 24.0 Å². The summed E-state index contributed by atoms with van der Waals surface area (Å²) < 4.78 is 5.58. The molecule has 0 aliphatic carbocycles. The molecule has 1 amide bonds. The van der Waals surface area contributed by atoms with Crippen LogP contribution in [0.25, 0.3) is 0 Å². The second kappa shape index (κ2) is 11.3. The first-order valence-electron chi connectivity index (χ1n) is 9.55. The van der Waals surface area contributed by atoms with Crippen LogP contribution in [0.1, 0.15) is 40.5 Å². The van der Waals surface area contributed by atoms with Crippen LogP contribution in [0.2, 0.25) is 0 Å². The summed E-state index contributed by atoms with van der Waals surface area (Å²) >= 11 is 0. The van der Waals surface area contributed by atoms with Gasteiger partial charge in [-0.15, -0.1) is 24.0 Å². The Morgan fingerprint density at radius 2 is 1.96 bits per heavy atom. The molecule has 0 aromatic carbocycles. The highest BCUT2D eigenvalue weighted by Crippen LogP contribution is 2.18. The van der Waals surface area contributed by atoms with Gasteiger partial charge in [0.15, 0.2) is 5.96 Å². The fourth-order valence-corrected chi connectivity index (χ4v) is 3.44. The molecule has 2 rings (SSSR count). The lowest BCUT2D eigenvalue weighted by Crippen LogP contribution is -2.54. The van der Waals surface area contributed by atoms with Crippen molar-refractivity contribution in [3.05, 3.63) is 0 Å². The van der Waals surface area contributed by atoms with Crippen molar-refractivity contribution in [1.29, 1.82) is 0 Å². The summed E-state index contributed by atoms with van der Waals surface area (Å²) in [7, 11) is 0. The molecule has 0 aromatic heterocycles. The van der Waals surface area contributed by atoms with E-state index in [0.717, 1.165) is 71.3 Å². The van der Waals surface area contributed by atoms with Crippen molar-refractivity contribution in [3.63, 3.8) is 0 Å². The third-order valence-corrected chi connectivity index (χ3v) is 5.08. The number of hydrogen-bond donors (Lipinski definition) is 2. The number of piperidine rings is 1. The van der Waals surface area contributed by atoms with Crippen LogP contribution in [0, 0.1) is 0 Å². The van der Waals surface area contributed by atoms with Gasteiger partial charge in [0, 0.05) is 51.2 Å². The zero-order valence-electron chi connectivity index (χ0n) is 16.7. The molecule has 0 atom stereocenters. The minimum atomic E-state index is 0. The van der Waals surface area contributed by atoms with Gasteiger partial charge in [-0.3, -0.25) is 14.7 Å². The molecular formula is C18H36IN5O2. The third kappa shape index (κ3) is 7.19. The number of likely N-dealkylation sites (tertiary alicyclic amines) is 1. The highest BCUT2D eigenvalue weighted by Gasteiger charge is 2.29. The molecule has 2 saturated heterocycles. The van der Waals surface area contributed by atoms with Gasteiger partial charge >= 0.3 is 0 Å². The van der Waals surface area contributed by atoms with Gasteiger partial charge < -0.3 is 20.3 Å². The number of nitrogens with one attached hydrogen (secondary N) is 2. The van der Waals surface area contributed by atoms with Crippen molar-refractivity contribution in [1.82, 2.24) is 20.4 Å². The van der Waals surface area contributed by atoms with Gasteiger partial charge in [0.2, 0.25) is 5.91 Å². The molecule has 2 aliphatic rings. The maximum atomic E-state index is 11.4. The number of halogens is 1.